The van der Waals surface area contributed by atoms with E-state index in [1.165, 1.54) is 64.2 Å². The maximum absolute atomic E-state index is 13.3. The van der Waals surface area contributed by atoms with Crippen LogP contribution >= 0.6 is 0 Å². The number of rotatable bonds is 40. The number of unbranched alkanes of at least 4 members (excludes halogenated alkanes) is 16. The molecule has 17 atom stereocenters. The highest BCUT2D eigenvalue weighted by Gasteiger charge is 2.53. The second-order valence-electron chi connectivity index (χ2n) is 20.3. The molecule has 17 unspecified atom stereocenters. The standard InChI is InChI=1S/C57H99NO18/c1-3-5-7-9-11-13-15-16-17-18-19-20-21-22-23-24-25-27-29-31-33-35-45(63)58-40(41(62)34-32-30-28-26-14-12-10-8-6-4-2)39-71-55-51(69)48(66)53(43(37-60)73-55)76-57-52(70)49(67)54(44(38-61)74-57)75-56-50(68)47(65)46(64)42(36-59)72-56/h6,8,14-16,18-19,26,32,34,40-44,46-57,59-62,64-70H,3-5,7,9-13,17,20-25,27-31,33,35-39H2,1-2H3,(H,58,63)/b8-6+,16-15-,19-18-,26-14+,34-32+. The normalized spacial score (nSPS) is 31.4. The van der Waals surface area contributed by atoms with Gasteiger partial charge in [0.1, 0.15) is 73.2 Å². The maximum Gasteiger partial charge on any atom is 0.220 e. The summed E-state index contributed by atoms with van der Waals surface area (Å²) >= 11 is 0. The topological polar surface area (TPSA) is 307 Å². The Bertz CT molecular complexity index is 1630. The summed E-state index contributed by atoms with van der Waals surface area (Å²) in [4.78, 5) is 13.3. The van der Waals surface area contributed by atoms with Crippen molar-refractivity contribution in [1.29, 1.82) is 0 Å². The first-order chi connectivity index (χ1) is 36.8. The molecule has 0 aliphatic carbocycles. The van der Waals surface area contributed by atoms with Crippen LogP contribution in [-0.2, 0) is 33.2 Å². The molecule has 19 nitrogen and oxygen atoms in total. The van der Waals surface area contributed by atoms with E-state index in [0.29, 0.717) is 12.8 Å². The van der Waals surface area contributed by atoms with E-state index in [0.717, 1.165) is 64.2 Å². The molecule has 440 valence electrons. The van der Waals surface area contributed by atoms with Gasteiger partial charge in [-0.1, -0.05) is 145 Å². The van der Waals surface area contributed by atoms with E-state index < -0.39 is 124 Å². The van der Waals surface area contributed by atoms with E-state index in [2.05, 4.69) is 67.8 Å². The van der Waals surface area contributed by atoms with Gasteiger partial charge >= 0.3 is 0 Å². The smallest absolute Gasteiger partial charge is 0.220 e. The molecule has 3 aliphatic heterocycles. The molecule has 0 aromatic carbocycles. The number of aliphatic hydroxyl groups excluding tert-OH is 11. The number of carbonyl (C=O) groups is 1. The summed E-state index contributed by atoms with van der Waals surface area (Å²) in [7, 11) is 0. The molecule has 0 radical (unpaired) electrons. The lowest BCUT2D eigenvalue weighted by molar-refractivity contribution is -0.379. The molecule has 0 saturated carbocycles. The number of allylic oxidation sites excluding steroid dienone is 9. The summed E-state index contributed by atoms with van der Waals surface area (Å²) in [6, 6.07) is -0.998. The Hall–Kier alpha value is -2.51. The Balaban J connectivity index is 1.49. The van der Waals surface area contributed by atoms with Crippen LogP contribution in [0.5, 0.6) is 0 Å². The monoisotopic (exact) mass is 1090 g/mol. The highest BCUT2D eigenvalue weighted by atomic mass is 16.8. The third-order valence-electron chi connectivity index (χ3n) is 14.0. The molecule has 3 heterocycles. The van der Waals surface area contributed by atoms with E-state index in [1.54, 1.807) is 6.08 Å². The van der Waals surface area contributed by atoms with Gasteiger partial charge in [0.15, 0.2) is 18.9 Å². The van der Waals surface area contributed by atoms with Crippen LogP contribution in [-0.4, -0.2) is 193 Å². The van der Waals surface area contributed by atoms with Crippen LogP contribution < -0.4 is 5.32 Å². The van der Waals surface area contributed by atoms with Gasteiger partial charge in [0, 0.05) is 6.42 Å². The van der Waals surface area contributed by atoms with E-state index >= 15 is 0 Å². The third kappa shape index (κ3) is 24.9. The van der Waals surface area contributed by atoms with Crippen molar-refractivity contribution in [3.05, 3.63) is 60.8 Å². The zero-order chi connectivity index (χ0) is 55.5. The van der Waals surface area contributed by atoms with Crippen molar-refractivity contribution in [3.63, 3.8) is 0 Å². The summed E-state index contributed by atoms with van der Waals surface area (Å²) in [5.74, 6) is -0.300. The van der Waals surface area contributed by atoms with Crippen molar-refractivity contribution in [1.82, 2.24) is 5.32 Å². The van der Waals surface area contributed by atoms with E-state index in [1.807, 2.05) is 6.08 Å². The van der Waals surface area contributed by atoms with Gasteiger partial charge in [-0.15, -0.1) is 0 Å². The predicted molar refractivity (Wildman–Crippen MR) is 286 cm³/mol. The lowest BCUT2D eigenvalue weighted by Crippen LogP contribution is -2.66. The number of aliphatic hydroxyl groups is 11. The molecule has 3 aliphatic rings. The van der Waals surface area contributed by atoms with Crippen molar-refractivity contribution in [2.45, 2.75) is 266 Å². The molecule has 3 fully saturated rings. The van der Waals surface area contributed by atoms with Crippen molar-refractivity contribution in [2.75, 3.05) is 26.4 Å². The van der Waals surface area contributed by atoms with Gasteiger partial charge in [-0.3, -0.25) is 4.79 Å². The van der Waals surface area contributed by atoms with Crippen LogP contribution in [0.15, 0.2) is 60.8 Å². The largest absolute Gasteiger partial charge is 0.394 e. The Kier molecular flexibility index (Phi) is 36.2. The van der Waals surface area contributed by atoms with Crippen molar-refractivity contribution in [3.8, 4) is 0 Å². The van der Waals surface area contributed by atoms with E-state index in [9.17, 15) is 61.0 Å². The SMILES string of the molecule is CC/C=C/CC/C=C/CC/C=C/C(O)C(COC1OC(CO)C(OC2OC(CO)C(OC3OC(CO)C(O)C(O)C3O)C(O)C2O)C(O)C1O)NC(=O)CCCCCCCCCCC/C=C\C/C=C\CCCCCCC. The lowest BCUT2D eigenvalue weighted by atomic mass is 9.96. The van der Waals surface area contributed by atoms with Crippen LogP contribution in [0.3, 0.4) is 0 Å². The summed E-state index contributed by atoms with van der Waals surface area (Å²) in [5, 5.41) is 120. The molecule has 1 amide bonds. The van der Waals surface area contributed by atoms with E-state index in [-0.39, 0.29) is 18.9 Å². The first-order valence-electron chi connectivity index (χ1n) is 28.5. The van der Waals surface area contributed by atoms with Gasteiger partial charge < -0.3 is 89.9 Å². The minimum atomic E-state index is -1.98. The van der Waals surface area contributed by atoms with E-state index in [4.69, 9.17) is 28.4 Å². The second kappa shape index (κ2) is 40.6. The fourth-order valence-corrected chi connectivity index (χ4v) is 9.32. The van der Waals surface area contributed by atoms with Crippen LogP contribution in [0.1, 0.15) is 162 Å². The number of hydrogen-bond acceptors (Lipinski definition) is 18. The minimum Gasteiger partial charge on any atom is -0.394 e. The Morgan fingerprint density at radius 2 is 0.921 bits per heavy atom. The lowest BCUT2D eigenvalue weighted by Gasteiger charge is -2.48. The van der Waals surface area contributed by atoms with Crippen LogP contribution in [0, 0.1) is 0 Å². The second-order valence-corrected chi connectivity index (χ2v) is 20.3. The first-order valence-corrected chi connectivity index (χ1v) is 28.5. The number of amides is 1. The van der Waals surface area contributed by atoms with Crippen LogP contribution in [0.4, 0.5) is 0 Å². The average Bonchev–Trinajstić information content (AvgIpc) is 3.41. The molecule has 76 heavy (non-hydrogen) atoms. The molecule has 12 N–H and O–H groups in total. The first kappa shape index (κ1) is 67.8. The number of carbonyl (C=O) groups excluding carboxylic acids is 1. The van der Waals surface area contributed by atoms with Crippen molar-refractivity contribution < 1.29 is 89.4 Å². The molecule has 0 aromatic heterocycles. The summed E-state index contributed by atoms with van der Waals surface area (Å²) in [5.41, 5.74) is 0. The summed E-state index contributed by atoms with van der Waals surface area (Å²) in [6.07, 6.45) is 18.0. The molecule has 19 heteroatoms. The Morgan fingerprint density at radius 3 is 1.45 bits per heavy atom. The summed E-state index contributed by atoms with van der Waals surface area (Å²) in [6.45, 7) is 1.52. The fourth-order valence-electron chi connectivity index (χ4n) is 9.32. The summed E-state index contributed by atoms with van der Waals surface area (Å²) < 4.78 is 34.1. The molecule has 3 rings (SSSR count). The highest BCUT2D eigenvalue weighted by Crippen LogP contribution is 2.33. The molecule has 3 saturated heterocycles. The third-order valence-corrected chi connectivity index (χ3v) is 14.0. The van der Waals surface area contributed by atoms with Gasteiger partial charge in [-0.2, -0.15) is 0 Å². The molecule has 0 bridgehead atoms. The maximum atomic E-state index is 13.3. The number of nitrogens with one attached hydrogen (secondary N) is 1. The van der Waals surface area contributed by atoms with Gasteiger partial charge in [0.25, 0.3) is 0 Å². The van der Waals surface area contributed by atoms with Crippen LogP contribution in [0.25, 0.3) is 0 Å². The Morgan fingerprint density at radius 1 is 0.487 bits per heavy atom. The molecule has 0 aromatic rings. The fraction of sp³-hybridized carbons (Fsp3) is 0.807. The number of hydrogen-bond donors (Lipinski definition) is 12. The molecular formula is C57H99NO18. The molecular weight excluding hydrogens is 987 g/mol. The Labute approximate surface area is 452 Å². The zero-order valence-electron chi connectivity index (χ0n) is 45.5. The predicted octanol–water partition coefficient (Wildman–Crippen LogP) is 4.09. The van der Waals surface area contributed by atoms with Gasteiger partial charge in [0.2, 0.25) is 5.91 Å². The van der Waals surface area contributed by atoms with Gasteiger partial charge in [0.05, 0.1) is 38.6 Å². The highest BCUT2D eigenvalue weighted by molar-refractivity contribution is 5.76. The van der Waals surface area contributed by atoms with Crippen molar-refractivity contribution in [2.24, 2.45) is 0 Å². The van der Waals surface area contributed by atoms with Gasteiger partial charge in [-0.05, 0) is 70.6 Å². The molecule has 0 spiro atoms. The quantitative estimate of drug-likeness (QED) is 0.0304. The van der Waals surface area contributed by atoms with Crippen molar-refractivity contribution >= 4 is 5.91 Å². The number of ether oxygens (including phenoxy) is 6. The zero-order valence-corrected chi connectivity index (χ0v) is 45.5. The average molecular weight is 1090 g/mol. The van der Waals surface area contributed by atoms with Crippen LogP contribution in [0.2, 0.25) is 0 Å². The van der Waals surface area contributed by atoms with Gasteiger partial charge in [-0.25, -0.2) is 0 Å². The minimum absolute atomic E-state index is 0.224.